The van der Waals surface area contributed by atoms with Crippen molar-refractivity contribution in [2.75, 3.05) is 6.61 Å². The van der Waals surface area contributed by atoms with E-state index in [-0.39, 0.29) is 12.1 Å². The van der Waals surface area contributed by atoms with E-state index in [9.17, 15) is 0 Å². The molecule has 0 N–H and O–H groups in total. The molecule has 9 nitrogen and oxygen atoms in total. The zero-order valence-electron chi connectivity index (χ0n) is 16.8. The second-order valence-electron chi connectivity index (χ2n) is 7.94. The van der Waals surface area contributed by atoms with Crippen LogP contribution in [-0.2, 0) is 11.2 Å². The van der Waals surface area contributed by atoms with Crippen molar-refractivity contribution in [1.82, 2.24) is 39.8 Å². The van der Waals surface area contributed by atoms with E-state index in [0.29, 0.717) is 17.1 Å². The molecule has 0 amide bonds. The van der Waals surface area contributed by atoms with Crippen LogP contribution in [0.5, 0.6) is 0 Å². The lowest BCUT2D eigenvalue weighted by Crippen LogP contribution is -2.26. The highest BCUT2D eigenvalue weighted by atomic mass is 35.5. The van der Waals surface area contributed by atoms with Crippen molar-refractivity contribution >= 4 is 39.2 Å². The van der Waals surface area contributed by atoms with E-state index in [1.165, 1.54) is 4.63 Å². The summed E-state index contributed by atoms with van der Waals surface area (Å²) in [5, 5.41) is 17.7. The minimum Gasteiger partial charge on any atom is -0.378 e. The van der Waals surface area contributed by atoms with Gasteiger partial charge in [-0.25, -0.2) is 4.98 Å². The summed E-state index contributed by atoms with van der Waals surface area (Å²) < 4.78 is 9.60. The topological polar surface area (TPSA) is 95.9 Å². The van der Waals surface area contributed by atoms with Crippen molar-refractivity contribution < 1.29 is 4.74 Å². The summed E-state index contributed by atoms with van der Waals surface area (Å²) in [6.07, 6.45) is 4.43. The Morgan fingerprint density at radius 2 is 2.13 bits per heavy atom. The fraction of sp³-hybridized carbons (Fsp3) is 0.333. The predicted octanol–water partition coefficient (Wildman–Crippen LogP) is 3.40. The minimum atomic E-state index is 0.191. The van der Waals surface area contributed by atoms with E-state index in [1.807, 2.05) is 36.5 Å². The van der Waals surface area contributed by atoms with Gasteiger partial charge in [0.1, 0.15) is 11.3 Å². The molecule has 6 rings (SSSR count). The normalized spacial score (nSPS) is 19.5. The van der Waals surface area contributed by atoms with E-state index < -0.39 is 0 Å². The first kappa shape index (κ1) is 18.6. The molecule has 5 aromatic rings. The highest BCUT2D eigenvalue weighted by Crippen LogP contribution is 2.34. The Balaban J connectivity index is 1.56. The highest BCUT2D eigenvalue weighted by Gasteiger charge is 2.26. The molecule has 2 atom stereocenters. The van der Waals surface area contributed by atoms with E-state index in [1.54, 1.807) is 0 Å². The molecule has 1 saturated heterocycles. The van der Waals surface area contributed by atoms with Crippen molar-refractivity contribution in [3.63, 3.8) is 0 Å². The third kappa shape index (κ3) is 3.21. The van der Waals surface area contributed by atoms with Gasteiger partial charge in [0.05, 0.1) is 35.4 Å². The van der Waals surface area contributed by atoms with Crippen LogP contribution in [0.1, 0.15) is 37.3 Å². The van der Waals surface area contributed by atoms with Gasteiger partial charge < -0.3 is 9.30 Å². The SMILES string of the molecule is C[C@@H]1C[C@H](n2c(Cc3ccc4nnnn4n3)nc3cnc4ccc(Cl)cc4c32)CCO1. The maximum Gasteiger partial charge on any atom is 0.199 e. The Labute approximate surface area is 182 Å². The average molecular weight is 435 g/mol. The van der Waals surface area contributed by atoms with Crippen LogP contribution in [0.15, 0.2) is 36.5 Å². The number of benzene rings is 1. The van der Waals surface area contributed by atoms with Gasteiger partial charge >= 0.3 is 0 Å². The van der Waals surface area contributed by atoms with Crippen LogP contribution in [0.3, 0.4) is 0 Å². The molecule has 0 unspecified atom stereocenters. The molecule has 0 saturated carbocycles. The number of hydrogen-bond acceptors (Lipinski definition) is 7. The number of ether oxygens (including phenoxy) is 1. The number of imidazole rings is 1. The van der Waals surface area contributed by atoms with Crippen molar-refractivity contribution in [2.45, 2.75) is 38.3 Å². The zero-order valence-corrected chi connectivity index (χ0v) is 17.6. The Kier molecular flexibility index (Phi) is 4.32. The Morgan fingerprint density at radius 1 is 1.19 bits per heavy atom. The molecule has 0 radical (unpaired) electrons. The molecular formula is C21H19ClN8O. The molecule has 1 aliphatic heterocycles. The lowest BCUT2D eigenvalue weighted by atomic mass is 10.0. The van der Waals surface area contributed by atoms with E-state index in [2.05, 4.69) is 37.1 Å². The molecule has 5 heterocycles. The van der Waals surface area contributed by atoms with Crippen LogP contribution in [0.4, 0.5) is 0 Å². The number of aromatic nitrogens is 8. The van der Waals surface area contributed by atoms with Crippen molar-refractivity contribution in [1.29, 1.82) is 0 Å². The third-order valence-electron chi connectivity index (χ3n) is 5.84. The predicted molar refractivity (Wildman–Crippen MR) is 115 cm³/mol. The second-order valence-corrected chi connectivity index (χ2v) is 8.38. The maximum atomic E-state index is 6.35. The monoisotopic (exact) mass is 434 g/mol. The average Bonchev–Trinajstić information content (AvgIpc) is 3.37. The zero-order chi connectivity index (χ0) is 20.9. The summed E-state index contributed by atoms with van der Waals surface area (Å²) >= 11 is 6.35. The maximum absolute atomic E-state index is 6.35. The first-order valence-corrected chi connectivity index (χ1v) is 10.6. The van der Waals surface area contributed by atoms with Gasteiger partial charge in [0.25, 0.3) is 0 Å². The van der Waals surface area contributed by atoms with E-state index in [4.69, 9.17) is 21.3 Å². The number of nitrogens with zero attached hydrogens (tertiary/aromatic N) is 8. The number of tetrazole rings is 1. The number of pyridine rings is 1. The first-order chi connectivity index (χ1) is 15.2. The van der Waals surface area contributed by atoms with Crippen LogP contribution in [-0.4, -0.2) is 52.5 Å². The van der Waals surface area contributed by atoms with Crippen LogP contribution < -0.4 is 0 Å². The summed E-state index contributed by atoms with van der Waals surface area (Å²) in [4.78, 5) is 9.57. The highest BCUT2D eigenvalue weighted by molar-refractivity contribution is 6.31. The number of rotatable bonds is 3. The van der Waals surface area contributed by atoms with Gasteiger partial charge in [0.15, 0.2) is 5.65 Å². The summed E-state index contributed by atoms with van der Waals surface area (Å²) in [7, 11) is 0. The molecule has 0 aliphatic carbocycles. The van der Waals surface area contributed by atoms with Gasteiger partial charge in [-0.1, -0.05) is 11.6 Å². The summed E-state index contributed by atoms with van der Waals surface area (Å²) in [6, 6.07) is 9.87. The van der Waals surface area contributed by atoms with Crippen molar-refractivity contribution in [2.24, 2.45) is 0 Å². The van der Waals surface area contributed by atoms with Gasteiger partial charge in [0.2, 0.25) is 0 Å². The molecule has 0 spiro atoms. The van der Waals surface area contributed by atoms with Gasteiger partial charge in [-0.05, 0) is 60.5 Å². The fourth-order valence-electron chi connectivity index (χ4n) is 4.47. The molecule has 31 heavy (non-hydrogen) atoms. The van der Waals surface area contributed by atoms with Crippen LogP contribution in [0.2, 0.25) is 5.02 Å². The minimum absolute atomic E-state index is 0.191. The molecular weight excluding hydrogens is 416 g/mol. The number of halogens is 1. The van der Waals surface area contributed by atoms with Crippen LogP contribution in [0, 0.1) is 0 Å². The van der Waals surface area contributed by atoms with Gasteiger partial charge in [0, 0.05) is 23.1 Å². The number of fused-ring (bicyclic) bond motifs is 4. The van der Waals surface area contributed by atoms with E-state index in [0.717, 1.165) is 52.9 Å². The quantitative estimate of drug-likeness (QED) is 0.429. The van der Waals surface area contributed by atoms with Crippen LogP contribution >= 0.6 is 11.6 Å². The first-order valence-electron chi connectivity index (χ1n) is 10.3. The molecule has 1 fully saturated rings. The summed E-state index contributed by atoms with van der Waals surface area (Å²) in [5.74, 6) is 0.934. The smallest absolute Gasteiger partial charge is 0.199 e. The Bertz CT molecular complexity index is 1430. The Hall–Kier alpha value is -3.17. The van der Waals surface area contributed by atoms with Crippen molar-refractivity contribution in [3.05, 3.63) is 53.1 Å². The summed E-state index contributed by atoms with van der Waals surface area (Å²) in [6.45, 7) is 2.85. The molecule has 10 heteroatoms. The standard InChI is InChI=1S/C21H19ClN8O/c1-12-8-15(6-7-31-12)29-20(10-14-3-5-19-25-27-28-30(19)26-14)24-18-11-23-17-4-2-13(22)9-16(17)21(18)29/h2-5,9,11-12,15H,6-8,10H2,1H3/t12-,15-/m1/s1. The van der Waals surface area contributed by atoms with Gasteiger partial charge in [-0.3, -0.25) is 4.98 Å². The third-order valence-corrected chi connectivity index (χ3v) is 6.07. The lowest BCUT2D eigenvalue weighted by molar-refractivity contribution is 0.00630. The Morgan fingerprint density at radius 3 is 3.03 bits per heavy atom. The molecule has 1 aliphatic rings. The molecule has 0 bridgehead atoms. The molecule has 1 aromatic carbocycles. The second kappa shape index (κ2) is 7.21. The molecule has 156 valence electrons. The van der Waals surface area contributed by atoms with Gasteiger partial charge in [-0.15, -0.1) is 9.73 Å². The summed E-state index contributed by atoms with van der Waals surface area (Å²) in [5.41, 5.74) is 4.27. The van der Waals surface area contributed by atoms with Crippen LogP contribution in [0.25, 0.3) is 27.6 Å². The lowest BCUT2D eigenvalue weighted by Gasteiger charge is -2.30. The fourth-order valence-corrected chi connectivity index (χ4v) is 4.64. The number of hydrogen-bond donors (Lipinski definition) is 0. The largest absolute Gasteiger partial charge is 0.378 e. The van der Waals surface area contributed by atoms with Gasteiger partial charge in [-0.2, -0.15) is 5.10 Å². The van der Waals surface area contributed by atoms with E-state index >= 15 is 0 Å². The van der Waals surface area contributed by atoms with Crippen molar-refractivity contribution in [3.8, 4) is 0 Å². The molecule has 4 aromatic heterocycles.